The van der Waals surface area contributed by atoms with Crippen molar-refractivity contribution in [3.63, 3.8) is 0 Å². The third-order valence-corrected chi connectivity index (χ3v) is 2.48. The van der Waals surface area contributed by atoms with Gasteiger partial charge in [-0.2, -0.15) is 57.0 Å². The Labute approximate surface area is 165 Å². The largest absolute Gasteiger partial charge is 4.00 e. The second-order valence-corrected chi connectivity index (χ2v) is 4.21. The zero-order chi connectivity index (χ0) is 17.5. The Hall–Kier alpha value is 0.113. The van der Waals surface area contributed by atoms with Crippen molar-refractivity contribution in [3.05, 3.63) is 45.8 Å². The molecule has 1 aromatic rings. The predicted molar refractivity (Wildman–Crippen MR) is 105 cm³/mol. The van der Waals surface area contributed by atoms with Gasteiger partial charge in [0, 0.05) is 0 Å². The molecular formula is C19H39N3Zr. The van der Waals surface area contributed by atoms with Crippen LogP contribution in [0.1, 0.15) is 54.0 Å². The Morgan fingerprint density at radius 2 is 0.826 bits per heavy atom. The molecule has 0 N–H and O–H groups in total. The Morgan fingerprint density at radius 3 is 0.913 bits per heavy atom. The molecule has 0 bridgehead atoms. The first-order chi connectivity index (χ1) is 10.7. The van der Waals surface area contributed by atoms with Crippen molar-refractivity contribution in [2.24, 2.45) is 0 Å². The van der Waals surface area contributed by atoms with E-state index in [1.54, 1.807) is 0 Å². The van der Waals surface area contributed by atoms with E-state index in [0.717, 1.165) is 45.7 Å². The van der Waals surface area contributed by atoms with Gasteiger partial charge in [0.15, 0.2) is 0 Å². The first kappa shape index (κ1) is 30.9. The standard InChI is InChI=1S/C7H9.3C4H10N.Zr/c1-2-7-5-3-4-6-7;3*1-3-5-4-2;/h3-6H,2H2,1H3;3*3-4H2,1-2H3;/q4*-1;+4. The fourth-order valence-electron chi connectivity index (χ4n) is 1.32. The molecule has 0 radical (unpaired) electrons. The van der Waals surface area contributed by atoms with E-state index in [-0.39, 0.29) is 26.2 Å². The van der Waals surface area contributed by atoms with Crippen LogP contribution >= 0.6 is 0 Å². The van der Waals surface area contributed by atoms with Gasteiger partial charge in [0.2, 0.25) is 0 Å². The van der Waals surface area contributed by atoms with E-state index < -0.39 is 0 Å². The third kappa shape index (κ3) is 39.2. The van der Waals surface area contributed by atoms with E-state index >= 15 is 0 Å². The molecule has 0 amide bonds. The average Bonchev–Trinajstić information content (AvgIpc) is 3.05. The minimum Gasteiger partial charge on any atom is -0.663 e. The van der Waals surface area contributed by atoms with Crippen molar-refractivity contribution in [2.75, 3.05) is 39.3 Å². The van der Waals surface area contributed by atoms with E-state index in [4.69, 9.17) is 0 Å². The van der Waals surface area contributed by atoms with Crippen molar-refractivity contribution in [3.8, 4) is 0 Å². The van der Waals surface area contributed by atoms with E-state index in [9.17, 15) is 0 Å². The zero-order valence-electron chi connectivity index (χ0n) is 16.6. The molecule has 0 spiro atoms. The summed E-state index contributed by atoms with van der Waals surface area (Å²) in [5.41, 5.74) is 1.43. The minimum atomic E-state index is 0. The van der Waals surface area contributed by atoms with E-state index in [2.05, 4.69) is 47.1 Å². The number of nitrogens with zero attached hydrogens (tertiary/aromatic N) is 3. The van der Waals surface area contributed by atoms with E-state index in [1.165, 1.54) is 5.56 Å². The Balaban J connectivity index is -0.000000105. The summed E-state index contributed by atoms with van der Waals surface area (Å²) in [5.74, 6) is 0. The van der Waals surface area contributed by atoms with Crippen LogP contribution in [-0.4, -0.2) is 39.3 Å². The summed E-state index contributed by atoms with van der Waals surface area (Å²) in [6.45, 7) is 20.2. The fraction of sp³-hybridized carbons (Fsp3) is 0.737. The maximum Gasteiger partial charge on any atom is 4.00 e. The molecule has 4 heteroatoms. The minimum absolute atomic E-state index is 0. The molecule has 0 aliphatic rings. The summed E-state index contributed by atoms with van der Waals surface area (Å²) < 4.78 is 0. The second-order valence-electron chi connectivity index (χ2n) is 4.21. The zero-order valence-corrected chi connectivity index (χ0v) is 19.1. The van der Waals surface area contributed by atoms with Crippen molar-refractivity contribution in [1.29, 1.82) is 0 Å². The van der Waals surface area contributed by atoms with Crippen LogP contribution in [0, 0.1) is 0 Å². The summed E-state index contributed by atoms with van der Waals surface area (Å²) in [5, 5.41) is 11.9. The van der Waals surface area contributed by atoms with Gasteiger partial charge in [0.05, 0.1) is 0 Å². The van der Waals surface area contributed by atoms with E-state index in [1.807, 2.05) is 41.5 Å². The third-order valence-electron chi connectivity index (χ3n) is 2.48. The summed E-state index contributed by atoms with van der Waals surface area (Å²) >= 11 is 0. The molecule has 1 aromatic carbocycles. The SMILES string of the molecule is CC[N-]CC.CC[N-]CC.CC[N-]CC.CC[c-]1cccc1.[Zr+4]. The summed E-state index contributed by atoms with van der Waals surface area (Å²) in [7, 11) is 0. The fourth-order valence-corrected chi connectivity index (χ4v) is 1.32. The van der Waals surface area contributed by atoms with Crippen molar-refractivity contribution in [2.45, 2.75) is 54.9 Å². The monoisotopic (exact) mass is 399 g/mol. The number of aryl methyl sites for hydroxylation is 1. The van der Waals surface area contributed by atoms with Crippen LogP contribution in [-0.2, 0) is 32.6 Å². The molecule has 23 heavy (non-hydrogen) atoms. The molecule has 0 fully saturated rings. The molecule has 0 unspecified atom stereocenters. The van der Waals surface area contributed by atoms with Gasteiger partial charge in [-0.25, -0.2) is 12.1 Å². The molecule has 0 saturated heterocycles. The molecule has 0 aromatic heterocycles. The summed E-state index contributed by atoms with van der Waals surface area (Å²) in [6, 6.07) is 8.41. The maximum absolute atomic E-state index is 3.97. The maximum atomic E-state index is 3.97. The van der Waals surface area contributed by atoms with Crippen molar-refractivity contribution in [1.82, 2.24) is 0 Å². The van der Waals surface area contributed by atoms with Gasteiger partial charge in [0.1, 0.15) is 0 Å². The smallest absolute Gasteiger partial charge is 0.663 e. The summed E-state index contributed by atoms with van der Waals surface area (Å²) in [6.07, 6.45) is 1.16. The predicted octanol–water partition coefficient (Wildman–Crippen LogP) is 6.17. The molecule has 134 valence electrons. The van der Waals surface area contributed by atoms with Gasteiger partial charge < -0.3 is 16.0 Å². The molecule has 0 saturated carbocycles. The van der Waals surface area contributed by atoms with Gasteiger partial charge in [-0.1, -0.05) is 54.9 Å². The van der Waals surface area contributed by atoms with E-state index in [0.29, 0.717) is 0 Å². The second kappa shape index (κ2) is 33.7. The molecule has 0 aliphatic heterocycles. The topological polar surface area (TPSA) is 42.3 Å². The number of hydrogen-bond donors (Lipinski definition) is 0. The molecular weight excluding hydrogens is 361 g/mol. The average molecular weight is 401 g/mol. The summed E-state index contributed by atoms with van der Waals surface area (Å²) in [4.78, 5) is 0. The molecule has 0 heterocycles. The normalized spacial score (nSPS) is 8.30. The van der Waals surface area contributed by atoms with Crippen LogP contribution in [0.4, 0.5) is 0 Å². The van der Waals surface area contributed by atoms with Crippen LogP contribution in [0.15, 0.2) is 24.3 Å². The van der Waals surface area contributed by atoms with Gasteiger partial charge in [-0.15, -0.1) is 0 Å². The first-order valence-electron chi connectivity index (χ1n) is 8.78. The quantitative estimate of drug-likeness (QED) is 0.491. The van der Waals surface area contributed by atoms with Crippen LogP contribution < -0.4 is 0 Å². The van der Waals surface area contributed by atoms with Gasteiger partial charge in [-0.05, 0) is 0 Å². The Bertz CT molecular complexity index is 219. The van der Waals surface area contributed by atoms with Crippen molar-refractivity contribution < 1.29 is 26.2 Å². The molecule has 0 aliphatic carbocycles. The van der Waals surface area contributed by atoms with Gasteiger partial charge in [-0.3, -0.25) is 0 Å². The van der Waals surface area contributed by atoms with Crippen LogP contribution in [0.5, 0.6) is 0 Å². The van der Waals surface area contributed by atoms with Crippen LogP contribution in [0.25, 0.3) is 16.0 Å². The van der Waals surface area contributed by atoms with Crippen molar-refractivity contribution >= 4 is 0 Å². The molecule has 3 nitrogen and oxygen atoms in total. The Kier molecular flexibility index (Phi) is 45.3. The molecule has 0 atom stereocenters. The first-order valence-corrected chi connectivity index (χ1v) is 8.78. The van der Waals surface area contributed by atoms with Gasteiger partial charge in [0.25, 0.3) is 0 Å². The Morgan fingerprint density at radius 1 is 0.565 bits per heavy atom. The number of rotatable bonds is 7. The molecule has 1 rings (SSSR count). The number of hydrogen-bond acceptors (Lipinski definition) is 0. The van der Waals surface area contributed by atoms with Gasteiger partial charge >= 0.3 is 26.2 Å². The van der Waals surface area contributed by atoms with Crippen LogP contribution in [0.3, 0.4) is 0 Å². The van der Waals surface area contributed by atoms with Crippen LogP contribution in [0.2, 0.25) is 0 Å².